The molecule has 1 aliphatic rings. The standard InChI is InChI=1S/C13H14N2O2/c1-8-2-5-11(10(6-8)7-14)15-12(13(16)17)9-3-4-9/h2,5-6,9,12,15H,3-4H2,1H3,(H,16,17). The van der Waals surface area contributed by atoms with Crippen LogP contribution in [0.25, 0.3) is 0 Å². The molecule has 4 nitrogen and oxygen atoms in total. The summed E-state index contributed by atoms with van der Waals surface area (Å²) in [5, 5.41) is 21.1. The van der Waals surface area contributed by atoms with Crippen molar-refractivity contribution in [3.63, 3.8) is 0 Å². The zero-order chi connectivity index (χ0) is 12.4. The molecule has 1 aliphatic carbocycles. The van der Waals surface area contributed by atoms with Gasteiger partial charge in [-0.2, -0.15) is 5.26 Å². The van der Waals surface area contributed by atoms with Gasteiger partial charge in [0.1, 0.15) is 12.1 Å². The zero-order valence-corrected chi connectivity index (χ0v) is 9.60. The monoisotopic (exact) mass is 230 g/mol. The van der Waals surface area contributed by atoms with E-state index in [1.165, 1.54) is 0 Å². The number of carbonyl (C=O) groups is 1. The maximum absolute atomic E-state index is 11.1. The number of aliphatic carboxylic acids is 1. The third kappa shape index (κ3) is 2.56. The van der Waals surface area contributed by atoms with Crippen molar-refractivity contribution in [1.29, 1.82) is 5.26 Å². The van der Waals surface area contributed by atoms with Crippen molar-refractivity contribution >= 4 is 11.7 Å². The minimum Gasteiger partial charge on any atom is -0.480 e. The van der Waals surface area contributed by atoms with Gasteiger partial charge in [0, 0.05) is 0 Å². The van der Waals surface area contributed by atoms with Gasteiger partial charge in [-0.3, -0.25) is 0 Å². The number of carboxylic acids is 1. The molecule has 0 heterocycles. The lowest BCUT2D eigenvalue weighted by Crippen LogP contribution is -2.31. The molecule has 0 saturated heterocycles. The van der Waals surface area contributed by atoms with E-state index in [9.17, 15) is 4.79 Å². The number of carboxylic acid groups (broad SMARTS) is 1. The Kier molecular flexibility index (Phi) is 3.01. The molecule has 0 amide bonds. The molecule has 1 atom stereocenters. The van der Waals surface area contributed by atoms with Crippen LogP contribution in [0.3, 0.4) is 0 Å². The molecule has 0 radical (unpaired) electrons. The molecule has 0 aliphatic heterocycles. The maximum Gasteiger partial charge on any atom is 0.326 e. The Bertz CT molecular complexity index is 487. The van der Waals surface area contributed by atoms with E-state index in [2.05, 4.69) is 11.4 Å². The SMILES string of the molecule is Cc1ccc(NC(C(=O)O)C2CC2)c(C#N)c1. The fourth-order valence-electron chi connectivity index (χ4n) is 1.85. The number of anilines is 1. The first-order chi connectivity index (χ1) is 8.11. The van der Waals surface area contributed by atoms with Gasteiger partial charge in [0.05, 0.1) is 11.3 Å². The molecular formula is C13H14N2O2. The molecule has 0 spiro atoms. The molecule has 0 aromatic heterocycles. The second-order valence-electron chi connectivity index (χ2n) is 4.46. The summed E-state index contributed by atoms with van der Waals surface area (Å²) in [4.78, 5) is 11.1. The largest absolute Gasteiger partial charge is 0.480 e. The van der Waals surface area contributed by atoms with Crippen LogP contribution in [0, 0.1) is 24.2 Å². The van der Waals surface area contributed by atoms with E-state index in [1.54, 1.807) is 12.1 Å². The first kappa shape index (κ1) is 11.5. The van der Waals surface area contributed by atoms with Crippen LogP contribution in [-0.2, 0) is 4.79 Å². The van der Waals surface area contributed by atoms with Crippen molar-refractivity contribution in [3.8, 4) is 6.07 Å². The Morgan fingerprint density at radius 3 is 2.82 bits per heavy atom. The van der Waals surface area contributed by atoms with Gasteiger partial charge in [0.2, 0.25) is 0 Å². The van der Waals surface area contributed by atoms with Gasteiger partial charge in [-0.25, -0.2) is 4.79 Å². The Hall–Kier alpha value is -2.02. The minimum absolute atomic E-state index is 0.195. The number of hydrogen-bond acceptors (Lipinski definition) is 3. The van der Waals surface area contributed by atoms with Gasteiger partial charge < -0.3 is 10.4 Å². The third-order valence-electron chi connectivity index (χ3n) is 2.97. The fourth-order valence-corrected chi connectivity index (χ4v) is 1.85. The van der Waals surface area contributed by atoms with Crippen LogP contribution in [0.15, 0.2) is 18.2 Å². The van der Waals surface area contributed by atoms with E-state index in [4.69, 9.17) is 10.4 Å². The molecule has 2 N–H and O–H groups in total. The summed E-state index contributed by atoms with van der Waals surface area (Å²) in [5.41, 5.74) is 2.10. The molecular weight excluding hydrogens is 216 g/mol. The quantitative estimate of drug-likeness (QED) is 0.831. The molecule has 0 bridgehead atoms. The van der Waals surface area contributed by atoms with Crippen molar-refractivity contribution in [2.24, 2.45) is 5.92 Å². The lowest BCUT2D eigenvalue weighted by Gasteiger charge is -2.16. The number of aryl methyl sites for hydroxylation is 1. The highest BCUT2D eigenvalue weighted by atomic mass is 16.4. The Morgan fingerprint density at radius 1 is 1.59 bits per heavy atom. The van der Waals surface area contributed by atoms with Crippen molar-refractivity contribution in [3.05, 3.63) is 29.3 Å². The van der Waals surface area contributed by atoms with E-state index in [0.29, 0.717) is 11.3 Å². The lowest BCUT2D eigenvalue weighted by atomic mass is 10.1. The lowest BCUT2D eigenvalue weighted by molar-refractivity contribution is -0.138. The zero-order valence-electron chi connectivity index (χ0n) is 9.60. The van der Waals surface area contributed by atoms with Crippen molar-refractivity contribution in [1.82, 2.24) is 0 Å². The number of nitrogens with zero attached hydrogens (tertiary/aromatic N) is 1. The molecule has 4 heteroatoms. The summed E-state index contributed by atoms with van der Waals surface area (Å²) in [6.45, 7) is 1.90. The minimum atomic E-state index is -0.850. The molecule has 1 unspecified atom stereocenters. The van der Waals surface area contributed by atoms with Gasteiger partial charge in [0.25, 0.3) is 0 Å². The van der Waals surface area contributed by atoms with Crippen molar-refractivity contribution in [2.45, 2.75) is 25.8 Å². The molecule has 1 aromatic rings. The molecule has 88 valence electrons. The molecule has 2 rings (SSSR count). The van der Waals surface area contributed by atoms with Crippen molar-refractivity contribution < 1.29 is 9.90 Å². The highest BCUT2D eigenvalue weighted by Gasteiger charge is 2.36. The normalized spacial score (nSPS) is 16.0. The van der Waals surface area contributed by atoms with Crippen LogP contribution in [0.2, 0.25) is 0 Å². The average Bonchev–Trinajstić information content (AvgIpc) is 3.10. The van der Waals surface area contributed by atoms with E-state index in [0.717, 1.165) is 18.4 Å². The Labute approximate surface area is 99.9 Å². The summed E-state index contributed by atoms with van der Waals surface area (Å²) in [5.74, 6) is -0.655. The average molecular weight is 230 g/mol. The predicted molar refractivity (Wildman–Crippen MR) is 63.7 cm³/mol. The first-order valence-corrected chi connectivity index (χ1v) is 5.62. The molecule has 1 saturated carbocycles. The number of nitriles is 1. The second kappa shape index (κ2) is 4.46. The smallest absolute Gasteiger partial charge is 0.326 e. The van der Waals surface area contributed by atoms with E-state index in [1.807, 2.05) is 13.0 Å². The third-order valence-corrected chi connectivity index (χ3v) is 2.97. The van der Waals surface area contributed by atoms with Crippen molar-refractivity contribution in [2.75, 3.05) is 5.32 Å². The van der Waals surface area contributed by atoms with Crippen LogP contribution >= 0.6 is 0 Å². The maximum atomic E-state index is 11.1. The molecule has 17 heavy (non-hydrogen) atoms. The van der Waals surface area contributed by atoms with Gasteiger partial charge >= 0.3 is 5.97 Å². The first-order valence-electron chi connectivity index (χ1n) is 5.62. The topological polar surface area (TPSA) is 73.1 Å². The van der Waals surface area contributed by atoms with Crippen LogP contribution in [-0.4, -0.2) is 17.1 Å². The number of nitrogens with one attached hydrogen (secondary N) is 1. The van der Waals surface area contributed by atoms with E-state index in [-0.39, 0.29) is 5.92 Å². The number of benzene rings is 1. The summed E-state index contributed by atoms with van der Waals surface area (Å²) in [6.07, 6.45) is 1.88. The van der Waals surface area contributed by atoms with Gasteiger partial charge in [-0.1, -0.05) is 6.07 Å². The van der Waals surface area contributed by atoms with Gasteiger partial charge in [-0.05, 0) is 43.4 Å². The second-order valence-corrected chi connectivity index (χ2v) is 4.46. The van der Waals surface area contributed by atoms with Gasteiger partial charge in [0.15, 0.2) is 0 Å². The van der Waals surface area contributed by atoms with Crippen LogP contribution < -0.4 is 5.32 Å². The Morgan fingerprint density at radius 2 is 2.29 bits per heavy atom. The summed E-state index contributed by atoms with van der Waals surface area (Å²) < 4.78 is 0. The van der Waals surface area contributed by atoms with Crippen LogP contribution in [0.5, 0.6) is 0 Å². The van der Waals surface area contributed by atoms with Crippen LogP contribution in [0.1, 0.15) is 24.0 Å². The van der Waals surface area contributed by atoms with E-state index >= 15 is 0 Å². The predicted octanol–water partition coefficient (Wildman–Crippen LogP) is 2.14. The van der Waals surface area contributed by atoms with Gasteiger partial charge in [-0.15, -0.1) is 0 Å². The fraction of sp³-hybridized carbons (Fsp3) is 0.385. The Balaban J connectivity index is 2.22. The highest BCUT2D eigenvalue weighted by molar-refractivity contribution is 5.79. The molecule has 1 aromatic carbocycles. The summed E-state index contributed by atoms with van der Waals surface area (Å²) >= 11 is 0. The summed E-state index contributed by atoms with van der Waals surface area (Å²) in [6, 6.07) is 6.90. The highest BCUT2D eigenvalue weighted by Crippen LogP contribution is 2.34. The summed E-state index contributed by atoms with van der Waals surface area (Å²) in [7, 11) is 0. The van der Waals surface area contributed by atoms with Crippen LogP contribution in [0.4, 0.5) is 5.69 Å². The molecule has 1 fully saturated rings. The number of rotatable bonds is 4. The van der Waals surface area contributed by atoms with E-state index < -0.39 is 12.0 Å². The number of hydrogen-bond donors (Lipinski definition) is 2.